The molecule has 0 aromatic heterocycles. The summed E-state index contributed by atoms with van der Waals surface area (Å²) in [5.74, 6) is -0.482. The van der Waals surface area contributed by atoms with Crippen LogP contribution in [0.2, 0.25) is 0 Å². The molecule has 0 bridgehead atoms. The monoisotopic (exact) mass is 380 g/mol. The van der Waals surface area contributed by atoms with Crippen molar-refractivity contribution in [1.82, 2.24) is 5.48 Å². The third-order valence-corrected chi connectivity index (χ3v) is 5.51. The maximum absolute atomic E-state index is 12.4. The minimum atomic E-state index is -0.648. The van der Waals surface area contributed by atoms with E-state index in [1.807, 2.05) is 48.5 Å². The Labute approximate surface area is 166 Å². The molecule has 1 saturated carbocycles. The maximum Gasteiger partial charge on any atom is 0.255 e. The summed E-state index contributed by atoms with van der Waals surface area (Å²) in [5.41, 5.74) is 3.90. The molecule has 1 fully saturated rings. The third kappa shape index (κ3) is 5.42. The highest BCUT2D eigenvalue weighted by Crippen LogP contribution is 2.29. The molecule has 2 amide bonds. The van der Waals surface area contributed by atoms with Crippen LogP contribution in [0.1, 0.15) is 62.0 Å². The van der Waals surface area contributed by atoms with Crippen LogP contribution >= 0.6 is 0 Å². The van der Waals surface area contributed by atoms with Crippen molar-refractivity contribution in [2.75, 3.05) is 5.32 Å². The molecule has 0 saturated heterocycles. The van der Waals surface area contributed by atoms with Crippen molar-refractivity contribution in [2.45, 2.75) is 50.9 Å². The van der Waals surface area contributed by atoms with E-state index in [4.69, 9.17) is 5.21 Å². The lowest BCUT2D eigenvalue weighted by Crippen LogP contribution is -2.27. The highest BCUT2D eigenvalue weighted by Gasteiger charge is 2.23. The Kier molecular flexibility index (Phi) is 7.20. The highest BCUT2D eigenvalue weighted by molar-refractivity contribution is 5.91. The predicted molar refractivity (Wildman–Crippen MR) is 109 cm³/mol. The van der Waals surface area contributed by atoms with Gasteiger partial charge in [0.05, 0.1) is 5.92 Å². The second kappa shape index (κ2) is 10.0. The lowest BCUT2D eigenvalue weighted by molar-refractivity contribution is -0.129. The van der Waals surface area contributed by atoms with Gasteiger partial charge in [0.15, 0.2) is 0 Å². The maximum atomic E-state index is 12.4. The Hall–Kier alpha value is -2.66. The topological polar surface area (TPSA) is 78.4 Å². The van der Waals surface area contributed by atoms with Crippen LogP contribution in [0.3, 0.4) is 0 Å². The van der Waals surface area contributed by atoms with Crippen molar-refractivity contribution >= 4 is 17.5 Å². The first kappa shape index (κ1) is 20.1. The normalized spacial score (nSPS) is 15.6. The molecule has 3 rings (SSSR count). The Morgan fingerprint density at radius 1 is 0.964 bits per heavy atom. The van der Waals surface area contributed by atoms with Gasteiger partial charge in [-0.05, 0) is 35.6 Å². The molecule has 3 N–H and O–H groups in total. The third-order valence-electron chi connectivity index (χ3n) is 5.51. The summed E-state index contributed by atoms with van der Waals surface area (Å²) in [4.78, 5) is 24.6. The zero-order chi connectivity index (χ0) is 19.8. The molecule has 5 nitrogen and oxygen atoms in total. The molecule has 5 heteroatoms. The zero-order valence-corrected chi connectivity index (χ0v) is 16.1. The van der Waals surface area contributed by atoms with Crippen molar-refractivity contribution in [3.63, 3.8) is 0 Å². The molecule has 0 radical (unpaired) electrons. The number of amides is 2. The minimum Gasteiger partial charge on any atom is -0.326 e. The number of carbonyl (C=O) groups excluding carboxylic acids is 2. The smallest absolute Gasteiger partial charge is 0.255 e. The Morgan fingerprint density at radius 2 is 1.68 bits per heavy atom. The number of carbonyl (C=O) groups is 2. The van der Waals surface area contributed by atoms with Gasteiger partial charge in [-0.1, -0.05) is 74.6 Å². The van der Waals surface area contributed by atoms with Gasteiger partial charge in [0.25, 0.3) is 5.91 Å². The van der Waals surface area contributed by atoms with Crippen LogP contribution in [-0.2, 0) is 9.59 Å². The number of anilines is 1. The van der Waals surface area contributed by atoms with Gasteiger partial charge in [0, 0.05) is 12.1 Å². The number of benzene rings is 2. The SMILES string of the molecule is O=C(CCC1CCCCC1)Nc1cccc(C(C(=O)NO)c2ccccc2)c1. The minimum absolute atomic E-state index is 0.00518. The van der Waals surface area contributed by atoms with Crippen LogP contribution in [-0.4, -0.2) is 17.0 Å². The van der Waals surface area contributed by atoms with Gasteiger partial charge < -0.3 is 5.32 Å². The fourth-order valence-electron chi connectivity index (χ4n) is 4.04. The van der Waals surface area contributed by atoms with Crippen LogP contribution in [0, 0.1) is 5.92 Å². The molecule has 2 aromatic carbocycles. The van der Waals surface area contributed by atoms with Gasteiger partial charge in [0.1, 0.15) is 0 Å². The summed E-state index contributed by atoms with van der Waals surface area (Å²) < 4.78 is 0. The molecule has 28 heavy (non-hydrogen) atoms. The molecule has 1 unspecified atom stereocenters. The predicted octanol–water partition coefficient (Wildman–Crippen LogP) is 4.62. The van der Waals surface area contributed by atoms with Gasteiger partial charge in [-0.3, -0.25) is 14.8 Å². The van der Waals surface area contributed by atoms with Crippen LogP contribution in [0.15, 0.2) is 54.6 Å². The standard InChI is InChI=1S/C23H28N2O3/c26-21(15-14-17-8-3-1-4-9-17)24-20-13-7-12-19(16-20)22(23(27)25-28)18-10-5-2-6-11-18/h2,5-7,10-13,16-17,22,28H,1,3-4,8-9,14-15H2,(H,24,26)(H,25,27). The summed E-state index contributed by atoms with van der Waals surface area (Å²) in [5, 5.41) is 12.1. The number of nitrogens with one attached hydrogen (secondary N) is 2. The van der Waals surface area contributed by atoms with Gasteiger partial charge >= 0.3 is 0 Å². The summed E-state index contributed by atoms with van der Waals surface area (Å²) in [6.45, 7) is 0. The molecular weight excluding hydrogens is 352 g/mol. The molecule has 0 aliphatic heterocycles. The van der Waals surface area contributed by atoms with E-state index in [1.54, 1.807) is 11.5 Å². The van der Waals surface area contributed by atoms with Gasteiger partial charge in [-0.2, -0.15) is 0 Å². The number of hydroxylamine groups is 1. The van der Waals surface area contributed by atoms with E-state index < -0.39 is 11.8 Å². The summed E-state index contributed by atoms with van der Waals surface area (Å²) >= 11 is 0. The van der Waals surface area contributed by atoms with Crippen LogP contribution < -0.4 is 10.8 Å². The highest BCUT2D eigenvalue weighted by atomic mass is 16.5. The van der Waals surface area contributed by atoms with Crippen molar-refractivity contribution in [3.8, 4) is 0 Å². The summed E-state index contributed by atoms with van der Waals surface area (Å²) in [6.07, 6.45) is 7.80. The fraction of sp³-hybridized carbons (Fsp3) is 0.391. The lowest BCUT2D eigenvalue weighted by atomic mass is 9.86. The molecule has 1 aliphatic carbocycles. The number of rotatable bonds is 7. The Morgan fingerprint density at radius 3 is 2.39 bits per heavy atom. The summed E-state index contributed by atoms with van der Waals surface area (Å²) in [6, 6.07) is 16.5. The van der Waals surface area contributed by atoms with Crippen molar-refractivity contribution in [1.29, 1.82) is 0 Å². The van der Waals surface area contributed by atoms with Crippen molar-refractivity contribution in [2.24, 2.45) is 5.92 Å². The van der Waals surface area contributed by atoms with E-state index in [9.17, 15) is 9.59 Å². The average molecular weight is 380 g/mol. The number of hydrogen-bond acceptors (Lipinski definition) is 3. The zero-order valence-electron chi connectivity index (χ0n) is 16.1. The van der Waals surface area contributed by atoms with E-state index in [0.717, 1.165) is 12.0 Å². The Balaban J connectivity index is 1.68. The molecule has 1 atom stereocenters. The van der Waals surface area contributed by atoms with Crippen molar-refractivity contribution in [3.05, 3.63) is 65.7 Å². The summed E-state index contributed by atoms with van der Waals surface area (Å²) in [7, 11) is 0. The molecule has 0 spiro atoms. The van der Waals surface area contributed by atoms with Crippen molar-refractivity contribution < 1.29 is 14.8 Å². The second-order valence-electron chi connectivity index (χ2n) is 7.54. The van der Waals surface area contributed by atoms with Crippen LogP contribution in [0.4, 0.5) is 5.69 Å². The van der Waals surface area contributed by atoms with E-state index in [-0.39, 0.29) is 5.91 Å². The number of hydrogen-bond donors (Lipinski definition) is 3. The van der Waals surface area contributed by atoms with Gasteiger partial charge in [-0.25, -0.2) is 5.48 Å². The van der Waals surface area contributed by atoms with Gasteiger partial charge in [-0.15, -0.1) is 0 Å². The van der Waals surface area contributed by atoms with E-state index in [0.29, 0.717) is 23.6 Å². The second-order valence-corrected chi connectivity index (χ2v) is 7.54. The first-order valence-electron chi connectivity index (χ1n) is 10.1. The lowest BCUT2D eigenvalue weighted by Gasteiger charge is -2.21. The van der Waals surface area contributed by atoms with Gasteiger partial charge in [0.2, 0.25) is 5.91 Å². The van der Waals surface area contributed by atoms with E-state index in [1.165, 1.54) is 32.1 Å². The van der Waals surface area contributed by atoms with Crippen LogP contribution in [0.25, 0.3) is 0 Å². The Bertz CT molecular complexity index is 785. The van der Waals surface area contributed by atoms with E-state index in [2.05, 4.69) is 5.32 Å². The first-order valence-corrected chi connectivity index (χ1v) is 10.1. The average Bonchev–Trinajstić information content (AvgIpc) is 2.74. The molecular formula is C23H28N2O3. The molecule has 0 heterocycles. The largest absolute Gasteiger partial charge is 0.326 e. The van der Waals surface area contributed by atoms with Crippen LogP contribution in [0.5, 0.6) is 0 Å². The van der Waals surface area contributed by atoms with E-state index >= 15 is 0 Å². The fourth-order valence-corrected chi connectivity index (χ4v) is 4.04. The molecule has 148 valence electrons. The first-order chi connectivity index (χ1) is 13.7. The molecule has 2 aromatic rings. The molecule has 1 aliphatic rings. The quantitative estimate of drug-likeness (QED) is 0.484.